The molecule has 0 aromatic carbocycles. The Bertz CT molecular complexity index is 970. The van der Waals surface area contributed by atoms with E-state index in [0.717, 1.165) is 25.7 Å². The number of hydrogen-bond acceptors (Lipinski definition) is 13. The average molecular weight is 801 g/mol. The van der Waals surface area contributed by atoms with Gasteiger partial charge in [-0.25, -0.2) is 0 Å². The minimum absolute atomic E-state index is 0.00363. The van der Waals surface area contributed by atoms with Crippen molar-refractivity contribution in [3.8, 4) is 0 Å². The van der Waals surface area contributed by atoms with Gasteiger partial charge in [0.2, 0.25) is 0 Å². The van der Waals surface area contributed by atoms with Crippen molar-refractivity contribution in [1.82, 2.24) is 0 Å². The zero-order valence-corrected chi connectivity index (χ0v) is 37.2. The van der Waals surface area contributed by atoms with Gasteiger partial charge < -0.3 is 45.3 Å². The molecule has 1 aliphatic heterocycles. The Kier molecular flexibility index (Phi) is 21.6. The second-order valence-electron chi connectivity index (χ2n) is 15.5. The van der Waals surface area contributed by atoms with E-state index in [4.69, 9.17) is 50.0 Å². The van der Waals surface area contributed by atoms with Gasteiger partial charge in [0.25, 0.3) is 6.48 Å². The van der Waals surface area contributed by atoms with Crippen LogP contribution in [0.25, 0.3) is 0 Å². The standard InChI is InChI=1S/C34H69O13PSi3/c1-27-32(43-34(40-26-39-29(3)36)38-24-23-37-28(2)35)33(44-48(4)5)31(42-27)25-41-51(46-49(6,7)8,47-50(9,10)11)45-30-21-19-17-15-13-12-14-16-18-20-22-30/h27,30-34H,12-26H2,1-11H3/t27-,31+,32-,33+,34?/m0/s1. The zero-order chi connectivity index (χ0) is 38.1. The van der Waals surface area contributed by atoms with Gasteiger partial charge in [-0.1, -0.05) is 57.8 Å². The predicted molar refractivity (Wildman–Crippen MR) is 203 cm³/mol. The van der Waals surface area contributed by atoms with Crippen LogP contribution >= 0.6 is 8.15 Å². The second kappa shape index (κ2) is 23.6. The molecule has 13 nitrogen and oxygen atoms in total. The number of esters is 2. The Labute approximate surface area is 312 Å². The summed E-state index contributed by atoms with van der Waals surface area (Å²) in [4.78, 5) is 22.7. The Morgan fingerprint density at radius 1 is 0.745 bits per heavy atom. The van der Waals surface area contributed by atoms with Crippen molar-refractivity contribution in [2.24, 2.45) is 0 Å². The highest BCUT2D eigenvalue weighted by Gasteiger charge is 2.55. The van der Waals surface area contributed by atoms with Crippen LogP contribution in [0.15, 0.2) is 0 Å². The van der Waals surface area contributed by atoms with Crippen molar-refractivity contribution >= 4 is 45.8 Å². The molecule has 0 aromatic heterocycles. The molecule has 0 aromatic rings. The third-order valence-electron chi connectivity index (χ3n) is 7.90. The molecule has 2 rings (SSSR count). The molecule has 1 unspecified atom stereocenters. The molecule has 0 spiro atoms. The second-order valence-corrected chi connectivity index (χ2v) is 29.0. The fourth-order valence-electron chi connectivity index (χ4n) is 5.90. The van der Waals surface area contributed by atoms with Gasteiger partial charge >= 0.3 is 21.0 Å². The zero-order valence-electron chi connectivity index (χ0n) is 33.3. The molecule has 1 aliphatic carbocycles. The highest BCUT2D eigenvalue weighted by atomic mass is 31.1. The van der Waals surface area contributed by atoms with E-state index in [9.17, 15) is 9.59 Å². The van der Waals surface area contributed by atoms with Crippen LogP contribution in [0.1, 0.15) is 91.4 Å². The summed E-state index contributed by atoms with van der Waals surface area (Å²) in [6.45, 7) is 19.8. The van der Waals surface area contributed by atoms with Gasteiger partial charge in [0.15, 0.2) is 23.4 Å². The van der Waals surface area contributed by atoms with E-state index in [1.165, 1.54) is 58.8 Å². The van der Waals surface area contributed by atoms with Gasteiger partial charge in [0.1, 0.15) is 24.9 Å². The quantitative estimate of drug-likeness (QED) is 0.0397. The number of hydrogen-bond donors (Lipinski definition) is 0. The van der Waals surface area contributed by atoms with Crippen LogP contribution in [0.5, 0.6) is 0 Å². The molecule has 0 radical (unpaired) electrons. The van der Waals surface area contributed by atoms with E-state index in [2.05, 4.69) is 39.3 Å². The third kappa shape index (κ3) is 20.8. The van der Waals surface area contributed by atoms with Crippen LogP contribution in [0.2, 0.25) is 39.3 Å². The van der Waals surface area contributed by atoms with Crippen molar-refractivity contribution in [3.05, 3.63) is 0 Å². The van der Waals surface area contributed by atoms with Gasteiger partial charge in [-0.3, -0.25) is 14.3 Å². The number of carbonyl (C=O) groups excluding carboxylic acids is 2. The summed E-state index contributed by atoms with van der Waals surface area (Å²) in [5, 5.41) is 0. The van der Waals surface area contributed by atoms with Gasteiger partial charge in [-0.15, -0.1) is 0 Å². The molecule has 300 valence electrons. The minimum Gasteiger partial charge on any atom is -0.463 e. The molecular formula is C34H69O13PSi3. The third-order valence-corrected chi connectivity index (χ3v) is 16.6. The van der Waals surface area contributed by atoms with Crippen molar-refractivity contribution in [1.29, 1.82) is 0 Å². The molecule has 51 heavy (non-hydrogen) atoms. The van der Waals surface area contributed by atoms with E-state index in [1.807, 2.05) is 20.3 Å². The summed E-state index contributed by atoms with van der Waals surface area (Å²) in [5.41, 5.74) is 0. The highest BCUT2D eigenvalue weighted by Crippen LogP contribution is 2.38. The summed E-state index contributed by atoms with van der Waals surface area (Å²) in [6, 6.07) is 0. The molecule has 1 saturated heterocycles. The first-order valence-corrected chi connectivity index (χ1v) is 29.4. The molecule has 0 N–H and O–H groups in total. The normalized spacial score (nSPS) is 24.2. The monoisotopic (exact) mass is 800 g/mol. The van der Waals surface area contributed by atoms with Crippen LogP contribution in [0, 0.1) is 0 Å². The Hall–Kier alpha value is -0.339. The largest absolute Gasteiger partial charge is 0.658 e. The number of ether oxygens (including phenoxy) is 6. The summed E-state index contributed by atoms with van der Waals surface area (Å²) < 4.78 is 68.3. The molecule has 2 aliphatic rings. The maximum absolute atomic E-state index is 11.4. The first kappa shape index (κ1) is 46.8. The average Bonchev–Trinajstić information content (AvgIpc) is 3.26. The lowest BCUT2D eigenvalue weighted by atomic mass is 10.00. The van der Waals surface area contributed by atoms with Crippen molar-refractivity contribution in [3.63, 3.8) is 0 Å². The molecule has 0 amide bonds. The first-order valence-electron chi connectivity index (χ1n) is 18.7. The van der Waals surface area contributed by atoms with Crippen LogP contribution < -0.4 is 0 Å². The lowest BCUT2D eigenvalue weighted by Crippen LogP contribution is -2.61. The summed E-state index contributed by atoms with van der Waals surface area (Å²) in [6.07, 6.45) is 10.7. The molecule has 2 fully saturated rings. The summed E-state index contributed by atoms with van der Waals surface area (Å²) >= 11 is 0. The highest BCUT2D eigenvalue weighted by molar-refractivity contribution is 7.50. The number of rotatable bonds is 20. The lowest BCUT2D eigenvalue weighted by molar-refractivity contribution is -0.331. The van der Waals surface area contributed by atoms with Crippen molar-refractivity contribution < 1.29 is 59.6 Å². The molecule has 1 saturated carbocycles. The van der Waals surface area contributed by atoms with Crippen molar-refractivity contribution in [2.45, 2.75) is 168 Å². The molecular weight excluding hydrogens is 732 g/mol. The maximum atomic E-state index is 11.4. The summed E-state index contributed by atoms with van der Waals surface area (Å²) in [7, 11) is -9.02. The Balaban J connectivity index is 2.34. The van der Waals surface area contributed by atoms with E-state index in [1.54, 1.807) is 0 Å². The fraction of sp³-hybridized carbons (Fsp3) is 0.941. The molecule has 0 bridgehead atoms. The Morgan fingerprint density at radius 3 is 1.76 bits per heavy atom. The minimum atomic E-state index is -3.70. The van der Waals surface area contributed by atoms with Crippen LogP contribution in [0.4, 0.5) is 0 Å². The van der Waals surface area contributed by atoms with Crippen LogP contribution in [-0.4, -0.2) is 115 Å². The number of carbonyl (C=O) groups is 2. The predicted octanol–water partition coefficient (Wildman–Crippen LogP) is 7.45. The van der Waals surface area contributed by atoms with Gasteiger partial charge in [0, 0.05) is 22.0 Å². The SMILES string of the molecule is CC(=O)OCCOC(OCOC(C)=O)O[C@@H]1[C@H](OP(C)C)[C@@H](CO[Si](OC2CCCCCCCCCCC2)(O[Si](C)(C)C)O[Si](C)(C)C)O[C@H]1C. The summed E-state index contributed by atoms with van der Waals surface area (Å²) in [5.74, 6) is -0.948. The van der Waals surface area contributed by atoms with Crippen molar-refractivity contribution in [2.75, 3.05) is 39.9 Å². The Morgan fingerprint density at radius 2 is 1.27 bits per heavy atom. The lowest BCUT2D eigenvalue weighted by Gasteiger charge is -2.40. The van der Waals surface area contributed by atoms with E-state index < -0.39 is 83.5 Å². The van der Waals surface area contributed by atoms with Gasteiger partial charge in [-0.2, -0.15) is 0 Å². The van der Waals surface area contributed by atoms with Crippen LogP contribution in [0.3, 0.4) is 0 Å². The smallest absolute Gasteiger partial charge is 0.463 e. The fourth-order valence-corrected chi connectivity index (χ4v) is 15.1. The van der Waals surface area contributed by atoms with Gasteiger partial charge in [0.05, 0.1) is 25.4 Å². The topological polar surface area (TPSA) is 136 Å². The van der Waals surface area contributed by atoms with Gasteiger partial charge in [-0.05, 0) is 72.4 Å². The maximum Gasteiger partial charge on any atom is 0.658 e. The van der Waals surface area contributed by atoms with E-state index in [-0.39, 0.29) is 25.9 Å². The van der Waals surface area contributed by atoms with Crippen LogP contribution in [-0.2, 0) is 59.6 Å². The first-order chi connectivity index (χ1) is 23.9. The molecule has 17 heteroatoms. The molecule has 1 heterocycles. The van der Waals surface area contributed by atoms with E-state index in [0.29, 0.717) is 0 Å². The van der Waals surface area contributed by atoms with E-state index >= 15 is 0 Å². The molecule has 5 atom stereocenters.